The number of carboxylic acid groups (broad SMARTS) is 1. The number of hydrogen-bond donors (Lipinski definition) is 2. The molecule has 0 aromatic rings. The third kappa shape index (κ3) is 2.15. The van der Waals surface area contributed by atoms with Crippen LogP contribution in [0.4, 0.5) is 0 Å². The summed E-state index contributed by atoms with van der Waals surface area (Å²) < 4.78 is 0. The first-order valence-electron chi connectivity index (χ1n) is 7.20. The van der Waals surface area contributed by atoms with Gasteiger partial charge in [-0.3, -0.25) is 14.6 Å². The van der Waals surface area contributed by atoms with Gasteiger partial charge in [0.15, 0.2) is 0 Å². The average molecular weight is 253 g/mol. The first-order valence-corrected chi connectivity index (χ1v) is 7.20. The molecular formula is C13H23N3O2. The van der Waals surface area contributed by atoms with Crippen molar-refractivity contribution in [1.29, 1.82) is 0 Å². The molecule has 0 bridgehead atoms. The lowest BCUT2D eigenvalue weighted by molar-refractivity contribution is -0.145. The van der Waals surface area contributed by atoms with E-state index < -0.39 is 5.97 Å². The number of carboxylic acids is 1. The molecule has 5 nitrogen and oxygen atoms in total. The predicted molar refractivity (Wildman–Crippen MR) is 68.6 cm³/mol. The van der Waals surface area contributed by atoms with Gasteiger partial charge in [-0.1, -0.05) is 6.42 Å². The number of hydrogen-bond acceptors (Lipinski definition) is 4. The van der Waals surface area contributed by atoms with E-state index in [1.807, 2.05) is 0 Å². The predicted octanol–water partition coefficient (Wildman–Crippen LogP) is -0.0284. The van der Waals surface area contributed by atoms with E-state index in [-0.39, 0.29) is 6.04 Å². The summed E-state index contributed by atoms with van der Waals surface area (Å²) in [5.41, 5.74) is 0. The summed E-state index contributed by atoms with van der Waals surface area (Å²) in [7, 11) is 0. The van der Waals surface area contributed by atoms with Crippen LogP contribution in [0.3, 0.4) is 0 Å². The molecule has 0 aromatic heterocycles. The fourth-order valence-corrected chi connectivity index (χ4v) is 3.95. The second kappa shape index (κ2) is 5.15. The molecule has 2 N–H and O–H groups in total. The molecule has 0 saturated carbocycles. The lowest BCUT2D eigenvalue weighted by Crippen LogP contribution is -2.61. The Bertz CT molecular complexity index is 323. The SMILES string of the molecule is O=C(O)C1CNCCN1C1CCN2CCCCC12. The van der Waals surface area contributed by atoms with Crippen molar-refractivity contribution in [2.75, 3.05) is 32.7 Å². The van der Waals surface area contributed by atoms with Crippen LogP contribution in [0.1, 0.15) is 25.7 Å². The number of aliphatic carboxylic acids is 1. The van der Waals surface area contributed by atoms with Crippen LogP contribution in [0.25, 0.3) is 0 Å². The third-order valence-electron chi connectivity index (χ3n) is 4.82. The Morgan fingerprint density at radius 1 is 1.11 bits per heavy atom. The van der Waals surface area contributed by atoms with Crippen LogP contribution in [-0.4, -0.2) is 71.7 Å². The van der Waals surface area contributed by atoms with Crippen molar-refractivity contribution in [1.82, 2.24) is 15.1 Å². The largest absolute Gasteiger partial charge is 0.480 e. The van der Waals surface area contributed by atoms with Crippen molar-refractivity contribution in [3.63, 3.8) is 0 Å². The molecule has 3 atom stereocenters. The molecule has 5 heteroatoms. The van der Waals surface area contributed by atoms with Crippen LogP contribution in [-0.2, 0) is 4.79 Å². The van der Waals surface area contributed by atoms with Gasteiger partial charge in [0.1, 0.15) is 6.04 Å². The molecule has 18 heavy (non-hydrogen) atoms. The zero-order valence-corrected chi connectivity index (χ0v) is 10.8. The van der Waals surface area contributed by atoms with E-state index in [0.717, 1.165) is 26.1 Å². The molecule has 102 valence electrons. The summed E-state index contributed by atoms with van der Waals surface area (Å²) in [6.45, 7) is 4.77. The van der Waals surface area contributed by atoms with Crippen LogP contribution in [0.2, 0.25) is 0 Å². The fraction of sp³-hybridized carbons (Fsp3) is 0.923. The highest BCUT2D eigenvalue weighted by molar-refractivity contribution is 5.74. The van der Waals surface area contributed by atoms with Gasteiger partial charge in [0.25, 0.3) is 0 Å². The van der Waals surface area contributed by atoms with Crippen LogP contribution in [0.15, 0.2) is 0 Å². The molecule has 0 amide bonds. The minimum atomic E-state index is -0.670. The van der Waals surface area contributed by atoms with E-state index in [9.17, 15) is 9.90 Å². The van der Waals surface area contributed by atoms with Crippen molar-refractivity contribution < 1.29 is 9.90 Å². The number of nitrogens with zero attached hydrogens (tertiary/aromatic N) is 2. The Hall–Kier alpha value is -0.650. The van der Waals surface area contributed by atoms with Gasteiger partial charge >= 0.3 is 5.97 Å². The first-order chi connectivity index (χ1) is 8.77. The molecule has 3 unspecified atom stereocenters. The lowest BCUT2D eigenvalue weighted by atomic mass is 9.96. The number of carbonyl (C=O) groups is 1. The number of nitrogens with one attached hydrogen (secondary N) is 1. The highest BCUT2D eigenvalue weighted by Crippen LogP contribution is 2.31. The zero-order chi connectivity index (χ0) is 12.5. The quantitative estimate of drug-likeness (QED) is 0.724. The molecule has 3 aliphatic rings. The van der Waals surface area contributed by atoms with Crippen molar-refractivity contribution in [3.05, 3.63) is 0 Å². The van der Waals surface area contributed by atoms with E-state index >= 15 is 0 Å². The maximum Gasteiger partial charge on any atom is 0.322 e. The van der Waals surface area contributed by atoms with Gasteiger partial charge < -0.3 is 10.4 Å². The third-order valence-corrected chi connectivity index (χ3v) is 4.82. The molecule has 0 aliphatic carbocycles. The highest BCUT2D eigenvalue weighted by Gasteiger charge is 2.43. The molecule has 3 saturated heterocycles. The summed E-state index contributed by atoms with van der Waals surface area (Å²) in [5.74, 6) is -0.670. The number of rotatable bonds is 2. The van der Waals surface area contributed by atoms with Gasteiger partial charge in [0.2, 0.25) is 0 Å². The van der Waals surface area contributed by atoms with E-state index in [4.69, 9.17) is 0 Å². The first kappa shape index (κ1) is 12.4. The van der Waals surface area contributed by atoms with Gasteiger partial charge in [-0.2, -0.15) is 0 Å². The van der Waals surface area contributed by atoms with E-state index in [0.29, 0.717) is 18.6 Å². The topological polar surface area (TPSA) is 55.8 Å². The minimum absolute atomic E-state index is 0.328. The zero-order valence-electron chi connectivity index (χ0n) is 10.8. The molecule has 0 spiro atoms. The second-order valence-corrected chi connectivity index (χ2v) is 5.75. The van der Waals surface area contributed by atoms with Crippen molar-refractivity contribution in [2.45, 2.75) is 43.8 Å². The number of fused-ring (bicyclic) bond motifs is 1. The van der Waals surface area contributed by atoms with Crippen LogP contribution < -0.4 is 5.32 Å². The summed E-state index contributed by atoms with van der Waals surface area (Å²) in [5, 5.41) is 12.6. The van der Waals surface area contributed by atoms with E-state index in [1.54, 1.807) is 0 Å². The van der Waals surface area contributed by atoms with Gasteiger partial charge in [-0.25, -0.2) is 0 Å². The number of piperazine rings is 1. The summed E-state index contributed by atoms with van der Waals surface area (Å²) in [6.07, 6.45) is 5.02. The molecule has 3 rings (SSSR count). The minimum Gasteiger partial charge on any atom is -0.480 e. The fourth-order valence-electron chi connectivity index (χ4n) is 3.95. The highest BCUT2D eigenvalue weighted by atomic mass is 16.4. The Kier molecular flexibility index (Phi) is 3.54. The van der Waals surface area contributed by atoms with Crippen molar-refractivity contribution in [2.24, 2.45) is 0 Å². The van der Waals surface area contributed by atoms with Gasteiger partial charge in [-0.15, -0.1) is 0 Å². The van der Waals surface area contributed by atoms with Crippen LogP contribution >= 0.6 is 0 Å². The maximum atomic E-state index is 11.4. The van der Waals surface area contributed by atoms with Gasteiger partial charge in [0.05, 0.1) is 0 Å². The molecule has 0 aromatic carbocycles. The molecule has 3 fully saturated rings. The summed E-state index contributed by atoms with van der Waals surface area (Å²) in [6, 6.07) is 0.748. The lowest BCUT2D eigenvalue weighted by Gasteiger charge is -2.42. The van der Waals surface area contributed by atoms with E-state index in [1.165, 1.54) is 25.8 Å². The molecule has 0 radical (unpaired) electrons. The average Bonchev–Trinajstić information content (AvgIpc) is 2.82. The Labute approximate surface area is 108 Å². The molecule has 3 aliphatic heterocycles. The van der Waals surface area contributed by atoms with Gasteiger partial charge in [-0.05, 0) is 25.8 Å². The summed E-state index contributed by atoms with van der Waals surface area (Å²) >= 11 is 0. The monoisotopic (exact) mass is 253 g/mol. The molecule has 3 heterocycles. The van der Waals surface area contributed by atoms with Gasteiger partial charge in [0, 0.05) is 38.3 Å². The standard InChI is InChI=1S/C13H23N3O2/c17-13(18)12-9-14-5-8-16(12)11-4-7-15-6-2-1-3-10(11)15/h10-12,14H,1-9H2,(H,17,18). The normalized spacial score (nSPS) is 38.6. The maximum absolute atomic E-state index is 11.4. The second-order valence-electron chi connectivity index (χ2n) is 5.75. The van der Waals surface area contributed by atoms with Crippen molar-refractivity contribution in [3.8, 4) is 0 Å². The molecular weight excluding hydrogens is 230 g/mol. The van der Waals surface area contributed by atoms with Crippen LogP contribution in [0.5, 0.6) is 0 Å². The summed E-state index contributed by atoms with van der Waals surface area (Å²) in [4.78, 5) is 16.2. The Morgan fingerprint density at radius 3 is 2.83 bits per heavy atom. The Morgan fingerprint density at radius 2 is 2.00 bits per heavy atom. The van der Waals surface area contributed by atoms with E-state index in [2.05, 4.69) is 15.1 Å². The van der Waals surface area contributed by atoms with Crippen LogP contribution in [0, 0.1) is 0 Å². The number of piperidine rings is 1. The van der Waals surface area contributed by atoms with Crippen molar-refractivity contribution >= 4 is 5.97 Å². The smallest absolute Gasteiger partial charge is 0.322 e. The Balaban J connectivity index is 1.74.